The first kappa shape index (κ1) is 20.7. The van der Waals surface area contributed by atoms with Crippen molar-refractivity contribution in [2.45, 2.75) is 50.5 Å². The molecule has 0 saturated heterocycles. The molecule has 0 amide bonds. The van der Waals surface area contributed by atoms with Gasteiger partial charge in [-0.05, 0) is 63.0 Å². The lowest BCUT2D eigenvalue weighted by molar-refractivity contribution is 0.514. The van der Waals surface area contributed by atoms with Crippen molar-refractivity contribution in [2.24, 2.45) is 0 Å². The molecule has 0 saturated carbocycles. The van der Waals surface area contributed by atoms with Gasteiger partial charge in [-0.2, -0.15) is 0 Å². The Bertz CT molecular complexity index is 1590. The molecule has 6 rings (SSSR count). The van der Waals surface area contributed by atoms with Gasteiger partial charge < -0.3 is 8.83 Å². The molecule has 0 aliphatic carbocycles. The van der Waals surface area contributed by atoms with Gasteiger partial charge in [-0.25, -0.2) is 0 Å². The molecule has 0 radical (unpaired) electrons. The molecule has 4 aromatic carbocycles. The van der Waals surface area contributed by atoms with E-state index in [1.807, 2.05) is 11.8 Å². The van der Waals surface area contributed by atoms with Crippen LogP contribution in [-0.2, 0) is 0 Å². The van der Waals surface area contributed by atoms with Crippen molar-refractivity contribution < 1.29 is 8.83 Å². The monoisotopic (exact) mass is 452 g/mol. The van der Waals surface area contributed by atoms with Gasteiger partial charge in [0.25, 0.3) is 0 Å². The van der Waals surface area contributed by atoms with E-state index in [-0.39, 0.29) is 0 Å². The van der Waals surface area contributed by atoms with Gasteiger partial charge in [0.15, 0.2) is 5.09 Å². The Kier molecular flexibility index (Phi) is 5.51. The summed E-state index contributed by atoms with van der Waals surface area (Å²) >= 11 is 1.85. The van der Waals surface area contributed by atoms with Gasteiger partial charge in [0.2, 0.25) is 0 Å². The molecule has 2 aromatic heterocycles. The maximum atomic E-state index is 6.20. The van der Waals surface area contributed by atoms with Gasteiger partial charge in [-0.3, -0.25) is 0 Å². The van der Waals surface area contributed by atoms with Crippen molar-refractivity contribution in [1.82, 2.24) is 0 Å². The average Bonchev–Trinajstić information content (AvgIpc) is 3.49. The van der Waals surface area contributed by atoms with Crippen LogP contribution in [0.4, 0.5) is 0 Å². The van der Waals surface area contributed by atoms with Crippen molar-refractivity contribution in [3.05, 3.63) is 66.9 Å². The number of benzene rings is 4. The Morgan fingerprint density at radius 2 is 1.15 bits per heavy atom. The normalized spacial score (nSPS) is 12.2. The fraction of sp³-hybridized carbons (Fsp3) is 0.267. The van der Waals surface area contributed by atoms with E-state index in [1.165, 1.54) is 81.6 Å². The van der Waals surface area contributed by atoms with Gasteiger partial charge in [-0.1, -0.05) is 87.2 Å². The number of furan rings is 2. The maximum Gasteiger partial charge on any atom is 0.161 e. The van der Waals surface area contributed by atoms with E-state index in [2.05, 4.69) is 67.6 Å². The van der Waals surface area contributed by atoms with Crippen LogP contribution in [0.25, 0.3) is 54.3 Å². The number of rotatable bonds is 8. The maximum absolute atomic E-state index is 6.20. The van der Waals surface area contributed by atoms with E-state index >= 15 is 0 Å². The van der Waals surface area contributed by atoms with Crippen LogP contribution in [-0.4, -0.2) is 5.75 Å². The smallest absolute Gasteiger partial charge is 0.161 e. The summed E-state index contributed by atoms with van der Waals surface area (Å²) in [5.74, 6) is 1.13. The third kappa shape index (κ3) is 3.69. The number of thioether (sulfide) groups is 1. The van der Waals surface area contributed by atoms with Crippen LogP contribution >= 0.6 is 11.8 Å². The fourth-order valence-electron chi connectivity index (χ4n) is 5.11. The Hall–Kier alpha value is -2.91. The molecule has 0 unspecified atom stereocenters. The molecule has 0 bridgehead atoms. The molecule has 0 N–H and O–H groups in total. The average molecular weight is 453 g/mol. The van der Waals surface area contributed by atoms with E-state index in [1.54, 1.807) is 6.26 Å². The van der Waals surface area contributed by atoms with E-state index in [9.17, 15) is 0 Å². The van der Waals surface area contributed by atoms with Gasteiger partial charge >= 0.3 is 0 Å². The molecular formula is C30H28O2S. The van der Waals surface area contributed by atoms with Crippen molar-refractivity contribution in [3.63, 3.8) is 0 Å². The highest BCUT2D eigenvalue weighted by Gasteiger charge is 2.12. The summed E-state index contributed by atoms with van der Waals surface area (Å²) in [6.45, 7) is 2.27. The summed E-state index contributed by atoms with van der Waals surface area (Å²) < 4.78 is 11.8. The predicted molar refractivity (Wildman–Crippen MR) is 143 cm³/mol. The van der Waals surface area contributed by atoms with Gasteiger partial charge in [0.1, 0.15) is 11.2 Å². The van der Waals surface area contributed by atoms with E-state index in [0.29, 0.717) is 0 Å². The standard InChI is InChI=1S/C30H28O2S/c1-2-3-4-5-6-7-18-33-30-19-27-25-11-9-20-21(23(25)13-15-29(27)32-30)8-10-24-22(20)12-14-28-26(24)16-17-31-28/h8-17,19H,2-7,18H2,1H3. The number of hydrogen-bond donors (Lipinski definition) is 0. The lowest BCUT2D eigenvalue weighted by Crippen LogP contribution is -1.82. The molecule has 0 fully saturated rings. The van der Waals surface area contributed by atoms with Crippen LogP contribution in [0.5, 0.6) is 0 Å². The highest BCUT2D eigenvalue weighted by atomic mass is 32.2. The Morgan fingerprint density at radius 1 is 0.576 bits per heavy atom. The topological polar surface area (TPSA) is 26.3 Å². The molecule has 0 aliphatic rings. The second-order valence-corrected chi connectivity index (χ2v) is 10.1. The number of unbranched alkanes of at least 4 members (excludes halogenated alkanes) is 5. The zero-order valence-electron chi connectivity index (χ0n) is 19.0. The molecule has 2 nitrogen and oxygen atoms in total. The molecule has 2 heterocycles. The highest BCUT2D eigenvalue weighted by molar-refractivity contribution is 7.99. The fourth-order valence-corrected chi connectivity index (χ4v) is 6.01. The first-order valence-electron chi connectivity index (χ1n) is 12.1. The SMILES string of the molecule is CCCCCCCCSc1cc2c(ccc3c2ccc2c4ccc5occc5c4ccc32)o1. The van der Waals surface area contributed by atoms with Crippen molar-refractivity contribution in [1.29, 1.82) is 0 Å². The number of hydrogen-bond acceptors (Lipinski definition) is 3. The first-order chi connectivity index (χ1) is 16.3. The Balaban J connectivity index is 1.34. The van der Waals surface area contributed by atoms with E-state index in [0.717, 1.165) is 22.0 Å². The minimum atomic E-state index is 0.939. The molecule has 0 spiro atoms. The summed E-state index contributed by atoms with van der Waals surface area (Å²) in [5.41, 5.74) is 1.92. The second-order valence-electron chi connectivity index (χ2n) is 8.97. The predicted octanol–water partition coefficient (Wildman–Crippen LogP) is 10.1. The van der Waals surface area contributed by atoms with Crippen LogP contribution in [0.15, 0.2) is 80.9 Å². The lowest BCUT2D eigenvalue weighted by Gasteiger charge is -2.08. The quantitative estimate of drug-likeness (QED) is 0.130. The van der Waals surface area contributed by atoms with Crippen molar-refractivity contribution in [2.75, 3.05) is 5.75 Å². The molecule has 6 aromatic rings. The van der Waals surface area contributed by atoms with Crippen LogP contribution in [0.3, 0.4) is 0 Å². The largest absolute Gasteiger partial charge is 0.464 e. The van der Waals surface area contributed by atoms with E-state index in [4.69, 9.17) is 8.83 Å². The third-order valence-corrected chi connectivity index (χ3v) is 7.82. The molecule has 33 heavy (non-hydrogen) atoms. The molecular weight excluding hydrogens is 424 g/mol. The van der Waals surface area contributed by atoms with Gasteiger partial charge in [-0.15, -0.1) is 0 Å². The van der Waals surface area contributed by atoms with Crippen LogP contribution < -0.4 is 0 Å². The van der Waals surface area contributed by atoms with Crippen LogP contribution in [0.1, 0.15) is 45.4 Å². The molecule has 3 heteroatoms. The zero-order valence-corrected chi connectivity index (χ0v) is 19.8. The van der Waals surface area contributed by atoms with Crippen LogP contribution in [0.2, 0.25) is 0 Å². The third-order valence-electron chi connectivity index (χ3n) is 6.84. The number of fused-ring (bicyclic) bond motifs is 9. The summed E-state index contributed by atoms with van der Waals surface area (Å²) in [6, 6.07) is 21.9. The van der Waals surface area contributed by atoms with Gasteiger partial charge in [0, 0.05) is 16.5 Å². The molecule has 0 aliphatic heterocycles. The minimum absolute atomic E-state index is 0.939. The molecule has 166 valence electrons. The lowest BCUT2D eigenvalue weighted by atomic mass is 9.95. The minimum Gasteiger partial charge on any atom is -0.464 e. The summed E-state index contributed by atoms with van der Waals surface area (Å²) in [4.78, 5) is 0. The summed E-state index contributed by atoms with van der Waals surface area (Å²) in [7, 11) is 0. The Labute approximate surface area is 197 Å². The van der Waals surface area contributed by atoms with Gasteiger partial charge in [0.05, 0.1) is 6.26 Å². The Morgan fingerprint density at radius 3 is 1.88 bits per heavy atom. The first-order valence-corrected chi connectivity index (χ1v) is 13.1. The van der Waals surface area contributed by atoms with E-state index < -0.39 is 0 Å². The van der Waals surface area contributed by atoms with Crippen molar-refractivity contribution in [3.8, 4) is 0 Å². The highest BCUT2D eigenvalue weighted by Crippen LogP contribution is 2.38. The van der Waals surface area contributed by atoms with Crippen LogP contribution in [0, 0.1) is 0 Å². The summed E-state index contributed by atoms with van der Waals surface area (Å²) in [6.07, 6.45) is 9.74. The zero-order chi connectivity index (χ0) is 22.2. The van der Waals surface area contributed by atoms with Crippen molar-refractivity contribution >= 4 is 66.0 Å². The molecule has 0 atom stereocenters. The second kappa shape index (κ2) is 8.79. The summed E-state index contributed by atoms with van der Waals surface area (Å²) in [5, 5.41) is 11.0.